The average molecular weight is 167 g/mol. The minimum Gasteiger partial charge on any atom is -0.311 e. The molecule has 0 aromatic heterocycles. The first-order valence-corrected chi connectivity index (χ1v) is 5.62. The van der Waals surface area contributed by atoms with Gasteiger partial charge < -0.3 is 5.32 Å². The lowest BCUT2D eigenvalue weighted by atomic mass is 9.85. The van der Waals surface area contributed by atoms with Gasteiger partial charge in [0, 0.05) is 12.1 Å². The Hall–Kier alpha value is -0.0400. The largest absolute Gasteiger partial charge is 0.311 e. The van der Waals surface area contributed by atoms with E-state index in [1.54, 1.807) is 0 Å². The van der Waals surface area contributed by atoms with Gasteiger partial charge >= 0.3 is 0 Å². The molecule has 2 rings (SSSR count). The van der Waals surface area contributed by atoms with Gasteiger partial charge in [-0.3, -0.25) is 0 Å². The molecule has 0 aromatic rings. The van der Waals surface area contributed by atoms with E-state index in [2.05, 4.69) is 12.2 Å². The maximum absolute atomic E-state index is 3.76. The second-order valence-corrected chi connectivity index (χ2v) is 4.65. The Balaban J connectivity index is 1.94. The summed E-state index contributed by atoms with van der Waals surface area (Å²) in [7, 11) is 0. The number of rotatable bonds is 0. The van der Waals surface area contributed by atoms with Crippen molar-refractivity contribution >= 4 is 0 Å². The fourth-order valence-corrected chi connectivity index (χ4v) is 2.86. The molecule has 3 atom stereocenters. The SMILES string of the molecule is C[C@H]1CC[C@H]2CCCCCC2N1. The summed E-state index contributed by atoms with van der Waals surface area (Å²) in [5, 5.41) is 3.76. The van der Waals surface area contributed by atoms with Crippen LogP contribution < -0.4 is 5.32 Å². The molecule has 1 aliphatic carbocycles. The molecule has 1 aliphatic heterocycles. The van der Waals surface area contributed by atoms with Gasteiger partial charge in [-0.15, -0.1) is 0 Å². The van der Waals surface area contributed by atoms with Crippen molar-refractivity contribution in [2.75, 3.05) is 0 Å². The molecular formula is C11H21N. The standard InChI is InChI=1S/C11H21N/c1-9-7-8-10-5-3-2-4-6-11(10)12-9/h9-12H,2-8H2,1H3/t9-,10+,11?/m0/s1. The van der Waals surface area contributed by atoms with Gasteiger partial charge in [0.05, 0.1) is 0 Å². The Morgan fingerprint density at radius 1 is 0.917 bits per heavy atom. The molecule has 2 fully saturated rings. The number of nitrogens with one attached hydrogen (secondary N) is 1. The average Bonchev–Trinajstić information content (AvgIpc) is 2.28. The topological polar surface area (TPSA) is 12.0 Å². The molecule has 70 valence electrons. The third-order valence-electron chi connectivity index (χ3n) is 3.63. The molecule has 1 nitrogen and oxygen atoms in total. The van der Waals surface area contributed by atoms with Gasteiger partial charge in [0.25, 0.3) is 0 Å². The highest BCUT2D eigenvalue weighted by atomic mass is 15.0. The Bertz CT molecular complexity index is 144. The highest BCUT2D eigenvalue weighted by Gasteiger charge is 2.28. The van der Waals surface area contributed by atoms with E-state index in [1.807, 2.05) is 0 Å². The van der Waals surface area contributed by atoms with Crippen LogP contribution in [0.1, 0.15) is 51.9 Å². The molecule has 1 saturated carbocycles. The molecular weight excluding hydrogens is 146 g/mol. The van der Waals surface area contributed by atoms with Crippen LogP contribution in [0.3, 0.4) is 0 Å². The van der Waals surface area contributed by atoms with E-state index in [0.29, 0.717) is 0 Å². The van der Waals surface area contributed by atoms with Crippen LogP contribution in [0.2, 0.25) is 0 Å². The zero-order valence-electron chi connectivity index (χ0n) is 8.18. The fraction of sp³-hybridized carbons (Fsp3) is 1.00. The zero-order valence-corrected chi connectivity index (χ0v) is 8.18. The van der Waals surface area contributed by atoms with Crippen molar-refractivity contribution in [1.29, 1.82) is 0 Å². The van der Waals surface area contributed by atoms with Gasteiger partial charge in [-0.1, -0.05) is 19.3 Å². The second-order valence-electron chi connectivity index (χ2n) is 4.65. The maximum atomic E-state index is 3.76. The third kappa shape index (κ3) is 1.82. The van der Waals surface area contributed by atoms with Gasteiger partial charge in [0.2, 0.25) is 0 Å². The summed E-state index contributed by atoms with van der Waals surface area (Å²) in [6, 6.07) is 1.65. The van der Waals surface area contributed by atoms with Crippen molar-refractivity contribution in [3.8, 4) is 0 Å². The Morgan fingerprint density at radius 2 is 1.75 bits per heavy atom. The molecule has 2 aliphatic rings. The van der Waals surface area contributed by atoms with Crippen LogP contribution >= 0.6 is 0 Å². The summed E-state index contributed by atoms with van der Waals surface area (Å²) in [6.07, 6.45) is 10.2. The molecule has 0 amide bonds. The van der Waals surface area contributed by atoms with Crippen LogP contribution in [-0.2, 0) is 0 Å². The van der Waals surface area contributed by atoms with E-state index in [4.69, 9.17) is 0 Å². The predicted molar refractivity (Wildman–Crippen MR) is 52.2 cm³/mol. The molecule has 1 unspecified atom stereocenters. The summed E-state index contributed by atoms with van der Waals surface area (Å²) in [4.78, 5) is 0. The van der Waals surface area contributed by atoms with Crippen LogP contribution in [-0.4, -0.2) is 12.1 Å². The molecule has 12 heavy (non-hydrogen) atoms. The highest BCUT2D eigenvalue weighted by Crippen LogP contribution is 2.30. The zero-order chi connectivity index (χ0) is 8.39. The van der Waals surface area contributed by atoms with Gasteiger partial charge in [0.15, 0.2) is 0 Å². The first-order chi connectivity index (χ1) is 5.86. The molecule has 0 bridgehead atoms. The molecule has 0 spiro atoms. The Morgan fingerprint density at radius 3 is 2.67 bits per heavy atom. The van der Waals surface area contributed by atoms with E-state index in [-0.39, 0.29) is 0 Å². The van der Waals surface area contributed by atoms with Crippen molar-refractivity contribution in [3.05, 3.63) is 0 Å². The quantitative estimate of drug-likeness (QED) is 0.585. The normalized spacial score (nSPS) is 43.2. The van der Waals surface area contributed by atoms with Gasteiger partial charge in [-0.05, 0) is 38.5 Å². The van der Waals surface area contributed by atoms with Crippen LogP contribution in [0.15, 0.2) is 0 Å². The Labute approximate surface area is 75.9 Å². The molecule has 1 heterocycles. The van der Waals surface area contributed by atoms with E-state index in [0.717, 1.165) is 18.0 Å². The number of piperidine rings is 1. The number of hydrogen-bond acceptors (Lipinski definition) is 1. The molecule has 1 N–H and O–H groups in total. The van der Waals surface area contributed by atoms with Crippen molar-refractivity contribution in [3.63, 3.8) is 0 Å². The maximum Gasteiger partial charge on any atom is 0.00978 e. The minimum atomic E-state index is 0.782. The van der Waals surface area contributed by atoms with Crippen molar-refractivity contribution in [2.45, 2.75) is 64.0 Å². The summed E-state index contributed by atoms with van der Waals surface area (Å²) in [6.45, 7) is 2.33. The molecule has 1 saturated heterocycles. The molecule has 0 radical (unpaired) electrons. The lowest BCUT2D eigenvalue weighted by Gasteiger charge is -2.35. The van der Waals surface area contributed by atoms with E-state index in [1.165, 1.54) is 44.9 Å². The second kappa shape index (κ2) is 3.78. The van der Waals surface area contributed by atoms with E-state index >= 15 is 0 Å². The van der Waals surface area contributed by atoms with Crippen LogP contribution in [0.4, 0.5) is 0 Å². The highest BCUT2D eigenvalue weighted by molar-refractivity contribution is 4.86. The first-order valence-electron chi connectivity index (χ1n) is 5.62. The van der Waals surface area contributed by atoms with E-state index < -0.39 is 0 Å². The smallest absolute Gasteiger partial charge is 0.00978 e. The molecule has 0 aromatic carbocycles. The van der Waals surface area contributed by atoms with Crippen molar-refractivity contribution in [1.82, 2.24) is 5.32 Å². The van der Waals surface area contributed by atoms with Gasteiger partial charge in [-0.25, -0.2) is 0 Å². The van der Waals surface area contributed by atoms with E-state index in [9.17, 15) is 0 Å². The number of hydrogen-bond donors (Lipinski definition) is 1. The summed E-state index contributed by atoms with van der Waals surface area (Å²) in [5.74, 6) is 1.02. The van der Waals surface area contributed by atoms with Crippen molar-refractivity contribution < 1.29 is 0 Å². The summed E-state index contributed by atoms with van der Waals surface area (Å²) < 4.78 is 0. The van der Waals surface area contributed by atoms with Crippen LogP contribution in [0.25, 0.3) is 0 Å². The summed E-state index contributed by atoms with van der Waals surface area (Å²) in [5.41, 5.74) is 0. The van der Waals surface area contributed by atoms with Crippen LogP contribution in [0, 0.1) is 5.92 Å². The van der Waals surface area contributed by atoms with Crippen LogP contribution in [0.5, 0.6) is 0 Å². The predicted octanol–water partition coefficient (Wildman–Crippen LogP) is 2.71. The molecule has 1 heteroatoms. The first kappa shape index (κ1) is 8.55. The number of fused-ring (bicyclic) bond motifs is 1. The summed E-state index contributed by atoms with van der Waals surface area (Å²) >= 11 is 0. The van der Waals surface area contributed by atoms with Gasteiger partial charge in [-0.2, -0.15) is 0 Å². The third-order valence-corrected chi connectivity index (χ3v) is 3.63. The lowest BCUT2D eigenvalue weighted by molar-refractivity contribution is 0.227. The monoisotopic (exact) mass is 167 g/mol. The van der Waals surface area contributed by atoms with Crippen molar-refractivity contribution in [2.24, 2.45) is 5.92 Å². The fourth-order valence-electron chi connectivity index (χ4n) is 2.86. The lowest BCUT2D eigenvalue weighted by Crippen LogP contribution is -2.45. The Kier molecular flexibility index (Phi) is 2.69. The minimum absolute atomic E-state index is 0.782. The van der Waals surface area contributed by atoms with Gasteiger partial charge in [0.1, 0.15) is 0 Å².